The number of carboxylic acid groups (broad SMARTS) is 1. The zero-order chi connectivity index (χ0) is 19.1. The number of carbonyl (C=O) groups is 1. The normalized spacial score (nSPS) is 16.8. The Morgan fingerprint density at radius 3 is 2.46 bits per heavy atom. The van der Waals surface area contributed by atoms with Crippen molar-refractivity contribution in [2.45, 2.75) is 11.1 Å². The lowest BCUT2D eigenvalue weighted by Crippen LogP contribution is -2.13. The van der Waals surface area contributed by atoms with E-state index in [2.05, 4.69) is 14.7 Å². The summed E-state index contributed by atoms with van der Waals surface area (Å²) >= 11 is 0. The molecular formula is C15H9F3N2O5S. The monoisotopic (exact) mass is 386 g/mol. The molecule has 2 N–H and O–H groups in total. The van der Waals surface area contributed by atoms with Crippen molar-refractivity contribution < 1.29 is 35.7 Å². The molecule has 1 aliphatic rings. The van der Waals surface area contributed by atoms with Gasteiger partial charge in [0, 0.05) is 0 Å². The molecule has 0 radical (unpaired) electrons. The van der Waals surface area contributed by atoms with Crippen molar-refractivity contribution in [3.63, 3.8) is 0 Å². The summed E-state index contributed by atoms with van der Waals surface area (Å²) < 4.78 is 68.1. The fraction of sp³-hybridized carbons (Fsp3) is 0.0667. The van der Waals surface area contributed by atoms with Gasteiger partial charge in [0.1, 0.15) is 4.90 Å². The van der Waals surface area contributed by atoms with Gasteiger partial charge in [-0.2, -0.15) is 21.6 Å². The van der Waals surface area contributed by atoms with E-state index in [1.54, 1.807) is 0 Å². The molecule has 136 valence electrons. The molecule has 0 atom stereocenters. The van der Waals surface area contributed by atoms with Crippen molar-refractivity contribution in [1.82, 2.24) is 0 Å². The Kier molecular flexibility index (Phi) is 4.11. The van der Waals surface area contributed by atoms with Gasteiger partial charge in [-0.3, -0.25) is 5.43 Å². The first-order valence-corrected chi connectivity index (χ1v) is 8.33. The first-order valence-electron chi connectivity index (χ1n) is 6.92. The highest BCUT2D eigenvalue weighted by Crippen LogP contribution is 2.39. The standard InChI is InChI=1S/C15H9F3N2O5S/c16-15(17,18)9-5-3-7-11-12(9)13(25-26(11,23)24)20-19-10-6-2-1-4-8(10)14(21)22/h1-7,19H,(H,21,22)/b20-13-. The molecule has 2 aromatic carbocycles. The zero-order valence-corrected chi connectivity index (χ0v) is 13.4. The molecule has 0 aliphatic carbocycles. The first-order chi connectivity index (χ1) is 12.1. The maximum atomic E-state index is 13.2. The summed E-state index contributed by atoms with van der Waals surface area (Å²) in [6.07, 6.45) is -4.84. The van der Waals surface area contributed by atoms with Crippen molar-refractivity contribution in [1.29, 1.82) is 0 Å². The van der Waals surface area contributed by atoms with Gasteiger partial charge in [-0.1, -0.05) is 18.2 Å². The average molecular weight is 386 g/mol. The zero-order valence-electron chi connectivity index (χ0n) is 12.6. The number of hydrogen-bond donors (Lipinski definition) is 2. The van der Waals surface area contributed by atoms with Crippen molar-refractivity contribution in [3.05, 3.63) is 59.2 Å². The molecule has 0 bridgehead atoms. The van der Waals surface area contributed by atoms with Crippen LogP contribution in [0.3, 0.4) is 0 Å². The lowest BCUT2D eigenvalue weighted by atomic mass is 10.1. The number of benzene rings is 2. The van der Waals surface area contributed by atoms with Crippen LogP contribution >= 0.6 is 0 Å². The smallest absolute Gasteiger partial charge is 0.417 e. The molecule has 11 heteroatoms. The van der Waals surface area contributed by atoms with Gasteiger partial charge >= 0.3 is 22.3 Å². The Labute approximate surface area is 144 Å². The Morgan fingerprint density at radius 1 is 1.12 bits per heavy atom. The van der Waals surface area contributed by atoms with Crippen LogP contribution in [0.1, 0.15) is 21.5 Å². The number of anilines is 1. The third-order valence-electron chi connectivity index (χ3n) is 3.44. The molecule has 0 unspecified atom stereocenters. The fourth-order valence-electron chi connectivity index (χ4n) is 2.34. The quantitative estimate of drug-likeness (QED) is 0.621. The first kappa shape index (κ1) is 17.7. The van der Waals surface area contributed by atoms with Gasteiger partial charge in [0.2, 0.25) is 0 Å². The molecule has 0 saturated carbocycles. The van der Waals surface area contributed by atoms with Crippen LogP contribution in [0, 0.1) is 0 Å². The molecular weight excluding hydrogens is 377 g/mol. The fourth-order valence-corrected chi connectivity index (χ4v) is 3.45. The highest BCUT2D eigenvalue weighted by Gasteiger charge is 2.43. The molecule has 0 aromatic heterocycles. The number of para-hydroxylation sites is 1. The molecule has 1 aliphatic heterocycles. The predicted molar refractivity (Wildman–Crippen MR) is 83.3 cm³/mol. The maximum absolute atomic E-state index is 13.2. The minimum atomic E-state index is -4.84. The second kappa shape index (κ2) is 6.02. The third-order valence-corrected chi connectivity index (χ3v) is 4.70. The van der Waals surface area contributed by atoms with E-state index in [0.29, 0.717) is 6.07 Å². The topological polar surface area (TPSA) is 105 Å². The van der Waals surface area contributed by atoms with Gasteiger partial charge in [0.15, 0.2) is 0 Å². The molecule has 7 nitrogen and oxygen atoms in total. The van der Waals surface area contributed by atoms with E-state index in [9.17, 15) is 26.4 Å². The highest BCUT2D eigenvalue weighted by atomic mass is 32.2. The van der Waals surface area contributed by atoms with E-state index in [4.69, 9.17) is 5.11 Å². The second-order valence-corrected chi connectivity index (χ2v) is 6.61. The van der Waals surface area contributed by atoms with E-state index >= 15 is 0 Å². The Morgan fingerprint density at radius 2 is 1.81 bits per heavy atom. The van der Waals surface area contributed by atoms with E-state index in [1.165, 1.54) is 24.3 Å². The Hall–Kier alpha value is -3.08. The lowest BCUT2D eigenvalue weighted by molar-refractivity contribution is -0.137. The SMILES string of the molecule is O=C(O)c1ccccc1N/N=C1\OS(=O)(=O)c2cccc(C(F)(F)F)c21. The average Bonchev–Trinajstić information content (AvgIpc) is 2.83. The largest absolute Gasteiger partial charge is 0.478 e. The van der Waals surface area contributed by atoms with Gasteiger partial charge in [-0.15, -0.1) is 5.10 Å². The lowest BCUT2D eigenvalue weighted by Gasteiger charge is -2.10. The summed E-state index contributed by atoms with van der Waals surface area (Å²) in [7, 11) is -4.46. The summed E-state index contributed by atoms with van der Waals surface area (Å²) in [6.45, 7) is 0. The number of rotatable bonds is 3. The van der Waals surface area contributed by atoms with Gasteiger partial charge < -0.3 is 9.29 Å². The van der Waals surface area contributed by atoms with Gasteiger partial charge in [0.05, 0.1) is 22.4 Å². The molecule has 3 rings (SSSR count). The number of alkyl halides is 3. The molecule has 2 aromatic rings. The molecule has 0 spiro atoms. The number of aromatic carboxylic acids is 1. The van der Waals surface area contributed by atoms with E-state index in [0.717, 1.165) is 12.1 Å². The van der Waals surface area contributed by atoms with Gasteiger partial charge in [-0.25, -0.2) is 4.79 Å². The maximum Gasteiger partial charge on any atom is 0.417 e. The minimum absolute atomic E-state index is 0.0496. The van der Waals surface area contributed by atoms with Crippen molar-refractivity contribution >= 4 is 27.7 Å². The number of hydrogen-bond acceptors (Lipinski definition) is 6. The van der Waals surface area contributed by atoms with Crippen molar-refractivity contribution in [3.8, 4) is 0 Å². The van der Waals surface area contributed by atoms with Crippen LogP contribution in [0.25, 0.3) is 0 Å². The highest BCUT2D eigenvalue weighted by molar-refractivity contribution is 7.87. The number of fused-ring (bicyclic) bond motifs is 1. The summed E-state index contributed by atoms with van der Waals surface area (Å²) in [5, 5.41) is 12.6. The number of hydrazone groups is 1. The summed E-state index contributed by atoms with van der Waals surface area (Å²) in [6, 6.07) is 8.07. The number of nitrogens with one attached hydrogen (secondary N) is 1. The summed E-state index contributed by atoms with van der Waals surface area (Å²) in [5.41, 5.74) is 0.0191. The van der Waals surface area contributed by atoms with E-state index in [1.807, 2.05) is 0 Å². The third kappa shape index (κ3) is 3.08. The molecule has 0 amide bonds. The van der Waals surface area contributed by atoms with Crippen molar-refractivity contribution in [2.75, 3.05) is 5.43 Å². The van der Waals surface area contributed by atoms with E-state index in [-0.39, 0.29) is 11.3 Å². The van der Waals surface area contributed by atoms with Crippen LogP contribution in [-0.2, 0) is 20.5 Å². The van der Waals surface area contributed by atoms with Crippen LogP contribution in [0.4, 0.5) is 18.9 Å². The molecule has 0 fully saturated rings. The van der Waals surface area contributed by atoms with Gasteiger partial charge in [0.25, 0.3) is 5.90 Å². The molecule has 0 saturated heterocycles. The van der Waals surface area contributed by atoms with Crippen LogP contribution in [0.15, 0.2) is 52.5 Å². The van der Waals surface area contributed by atoms with Crippen LogP contribution in [-0.4, -0.2) is 25.4 Å². The van der Waals surface area contributed by atoms with Gasteiger partial charge in [-0.05, 0) is 24.3 Å². The summed E-state index contributed by atoms with van der Waals surface area (Å²) in [5.74, 6) is -2.13. The van der Waals surface area contributed by atoms with Crippen LogP contribution in [0.2, 0.25) is 0 Å². The summed E-state index contributed by atoms with van der Waals surface area (Å²) in [4.78, 5) is 10.5. The van der Waals surface area contributed by atoms with Crippen molar-refractivity contribution in [2.24, 2.45) is 5.10 Å². The number of nitrogens with zero attached hydrogens (tertiary/aromatic N) is 1. The number of halogens is 3. The van der Waals surface area contributed by atoms with Crippen LogP contribution < -0.4 is 5.43 Å². The predicted octanol–water partition coefficient (Wildman–Crippen LogP) is 2.90. The Bertz CT molecular complexity index is 1030. The molecule has 26 heavy (non-hydrogen) atoms. The Balaban J connectivity index is 2.10. The molecule has 1 heterocycles. The van der Waals surface area contributed by atoms with E-state index < -0.39 is 44.2 Å². The minimum Gasteiger partial charge on any atom is -0.478 e. The second-order valence-electron chi connectivity index (χ2n) is 5.09. The van der Waals surface area contributed by atoms with Crippen LogP contribution in [0.5, 0.6) is 0 Å². The number of carboxylic acids is 1.